The summed E-state index contributed by atoms with van der Waals surface area (Å²) in [5.74, 6) is -1.16. The van der Waals surface area contributed by atoms with Crippen LogP contribution in [-0.4, -0.2) is 49.6 Å². The van der Waals surface area contributed by atoms with E-state index in [0.717, 1.165) is 24.2 Å². The Morgan fingerprint density at radius 1 is 1.24 bits per heavy atom. The Kier molecular flexibility index (Phi) is 5.09. The van der Waals surface area contributed by atoms with Crippen LogP contribution in [0.2, 0.25) is 0 Å². The van der Waals surface area contributed by atoms with Crippen molar-refractivity contribution in [3.63, 3.8) is 0 Å². The molecule has 0 bridgehead atoms. The number of nitrogens with two attached hydrogens (primary N) is 1. The first-order chi connectivity index (χ1) is 14.0. The van der Waals surface area contributed by atoms with Gasteiger partial charge in [-0.2, -0.15) is 10.2 Å². The van der Waals surface area contributed by atoms with Gasteiger partial charge in [0.2, 0.25) is 0 Å². The van der Waals surface area contributed by atoms with Crippen LogP contribution in [-0.2, 0) is 4.74 Å². The Hall–Kier alpha value is -3.53. The maximum absolute atomic E-state index is 12.7. The van der Waals surface area contributed by atoms with Crippen LogP contribution in [0.15, 0.2) is 36.8 Å². The molecule has 0 atom stereocenters. The number of carbonyl (C=O) groups excluding carboxylic acids is 2. The first kappa shape index (κ1) is 18.8. The molecule has 1 saturated heterocycles. The normalized spacial score (nSPS) is 14.7. The van der Waals surface area contributed by atoms with Gasteiger partial charge in [-0.05, 0) is 38.0 Å². The lowest BCUT2D eigenvalue weighted by Gasteiger charge is -2.22. The van der Waals surface area contributed by atoms with E-state index in [1.54, 1.807) is 40.1 Å². The summed E-state index contributed by atoms with van der Waals surface area (Å²) < 4.78 is 8.62. The van der Waals surface area contributed by atoms with Gasteiger partial charge in [0.15, 0.2) is 11.4 Å². The summed E-state index contributed by atoms with van der Waals surface area (Å²) in [5.41, 5.74) is 7.58. The molecule has 4 rings (SSSR count). The number of ether oxygens (including phenoxy) is 1. The largest absolute Gasteiger partial charge is 0.381 e. The standard InChI is InChI=1S/C19H21N7O3/c1-12-10-14(2-6-21-12)25-7-3-15(23-25)19(28)22-16-11-26(24-17(16)18(20)27)13-4-8-29-9-5-13/h2-3,6-7,10-11,13H,4-5,8-9H2,1H3,(H2,20,27)(H,22,28). The molecule has 1 aliphatic rings. The quantitative estimate of drug-likeness (QED) is 0.673. The van der Waals surface area contributed by atoms with Gasteiger partial charge in [-0.15, -0.1) is 0 Å². The fourth-order valence-electron chi connectivity index (χ4n) is 3.25. The van der Waals surface area contributed by atoms with E-state index in [2.05, 4.69) is 20.5 Å². The fourth-order valence-corrected chi connectivity index (χ4v) is 3.25. The highest BCUT2D eigenvalue weighted by atomic mass is 16.5. The van der Waals surface area contributed by atoms with Gasteiger partial charge in [0, 0.05) is 37.5 Å². The lowest BCUT2D eigenvalue weighted by atomic mass is 10.1. The molecular formula is C19H21N7O3. The van der Waals surface area contributed by atoms with Crippen molar-refractivity contribution in [1.29, 1.82) is 0 Å². The third-order valence-electron chi connectivity index (χ3n) is 4.74. The number of carbonyl (C=O) groups is 2. The molecular weight excluding hydrogens is 374 g/mol. The number of pyridine rings is 1. The number of aryl methyl sites for hydroxylation is 1. The van der Waals surface area contributed by atoms with Gasteiger partial charge >= 0.3 is 0 Å². The molecule has 1 aliphatic heterocycles. The number of hydrogen-bond acceptors (Lipinski definition) is 6. The summed E-state index contributed by atoms with van der Waals surface area (Å²) in [6.07, 6.45) is 6.56. The Morgan fingerprint density at radius 3 is 2.76 bits per heavy atom. The van der Waals surface area contributed by atoms with Gasteiger partial charge in [-0.1, -0.05) is 0 Å². The van der Waals surface area contributed by atoms with E-state index in [4.69, 9.17) is 10.5 Å². The van der Waals surface area contributed by atoms with Gasteiger partial charge in [0.25, 0.3) is 11.8 Å². The minimum Gasteiger partial charge on any atom is -0.381 e. The Bertz CT molecular complexity index is 1050. The number of nitrogens with one attached hydrogen (secondary N) is 1. The molecule has 29 heavy (non-hydrogen) atoms. The Balaban J connectivity index is 1.55. The highest BCUT2D eigenvalue weighted by molar-refractivity contribution is 6.07. The molecule has 10 nitrogen and oxygen atoms in total. The van der Waals surface area contributed by atoms with Crippen LogP contribution < -0.4 is 11.1 Å². The zero-order valence-corrected chi connectivity index (χ0v) is 15.9. The SMILES string of the molecule is Cc1cc(-n2ccc(C(=O)Nc3cn(C4CCOCC4)nc3C(N)=O)n2)ccn1. The van der Waals surface area contributed by atoms with Crippen LogP contribution >= 0.6 is 0 Å². The maximum Gasteiger partial charge on any atom is 0.276 e. The minimum absolute atomic E-state index is 0.0223. The van der Waals surface area contributed by atoms with Gasteiger partial charge in [0.1, 0.15) is 0 Å². The maximum atomic E-state index is 12.7. The van der Waals surface area contributed by atoms with Crippen molar-refractivity contribution in [2.24, 2.45) is 5.73 Å². The smallest absolute Gasteiger partial charge is 0.276 e. The van der Waals surface area contributed by atoms with E-state index < -0.39 is 11.8 Å². The number of rotatable bonds is 5. The van der Waals surface area contributed by atoms with Crippen molar-refractivity contribution in [3.05, 3.63) is 53.9 Å². The number of amides is 2. The number of aromatic nitrogens is 5. The van der Waals surface area contributed by atoms with Crippen molar-refractivity contribution in [2.75, 3.05) is 18.5 Å². The van der Waals surface area contributed by atoms with Crippen molar-refractivity contribution in [1.82, 2.24) is 24.5 Å². The molecule has 0 saturated carbocycles. The van der Waals surface area contributed by atoms with Crippen LogP contribution in [0.3, 0.4) is 0 Å². The molecule has 150 valence electrons. The molecule has 3 aromatic heterocycles. The molecule has 0 spiro atoms. The number of hydrogen-bond donors (Lipinski definition) is 2. The average molecular weight is 395 g/mol. The third-order valence-corrected chi connectivity index (χ3v) is 4.74. The lowest BCUT2D eigenvalue weighted by Crippen LogP contribution is -2.21. The van der Waals surface area contributed by atoms with Gasteiger partial charge in [-0.3, -0.25) is 19.3 Å². The molecule has 3 aromatic rings. The first-order valence-corrected chi connectivity index (χ1v) is 9.28. The molecule has 0 unspecified atom stereocenters. The number of nitrogens with zero attached hydrogens (tertiary/aromatic N) is 5. The van der Waals surface area contributed by atoms with Gasteiger partial charge < -0.3 is 15.8 Å². The van der Waals surface area contributed by atoms with Crippen molar-refractivity contribution in [2.45, 2.75) is 25.8 Å². The summed E-state index contributed by atoms with van der Waals surface area (Å²) in [7, 11) is 0. The molecule has 10 heteroatoms. The summed E-state index contributed by atoms with van der Waals surface area (Å²) >= 11 is 0. The van der Waals surface area contributed by atoms with Crippen LogP contribution in [0.1, 0.15) is 45.6 Å². The highest BCUT2D eigenvalue weighted by Gasteiger charge is 2.23. The molecule has 0 radical (unpaired) electrons. The second-order valence-electron chi connectivity index (χ2n) is 6.83. The highest BCUT2D eigenvalue weighted by Crippen LogP contribution is 2.24. The topological polar surface area (TPSA) is 130 Å². The molecule has 3 N–H and O–H groups in total. The van der Waals surface area contributed by atoms with E-state index >= 15 is 0 Å². The van der Waals surface area contributed by atoms with Gasteiger partial charge in [0.05, 0.1) is 17.4 Å². The monoisotopic (exact) mass is 395 g/mol. The summed E-state index contributed by atoms with van der Waals surface area (Å²) in [5, 5.41) is 11.3. The van der Waals surface area contributed by atoms with Crippen LogP contribution in [0.25, 0.3) is 5.69 Å². The second-order valence-corrected chi connectivity index (χ2v) is 6.83. The lowest BCUT2D eigenvalue weighted by molar-refractivity contribution is 0.0661. The summed E-state index contributed by atoms with van der Waals surface area (Å²) in [6, 6.07) is 5.35. The zero-order valence-electron chi connectivity index (χ0n) is 15.9. The van der Waals surface area contributed by atoms with Crippen molar-refractivity contribution in [3.8, 4) is 5.69 Å². The Morgan fingerprint density at radius 2 is 2.03 bits per heavy atom. The molecule has 0 aliphatic carbocycles. The van der Waals surface area contributed by atoms with Gasteiger partial charge in [-0.25, -0.2) is 4.68 Å². The van der Waals surface area contributed by atoms with E-state index in [0.29, 0.717) is 13.2 Å². The first-order valence-electron chi connectivity index (χ1n) is 9.28. The molecule has 1 fully saturated rings. The average Bonchev–Trinajstić information content (AvgIpc) is 3.36. The van der Waals surface area contributed by atoms with E-state index in [1.165, 1.54) is 0 Å². The van der Waals surface area contributed by atoms with E-state index in [9.17, 15) is 9.59 Å². The fraction of sp³-hybridized carbons (Fsp3) is 0.316. The molecule has 4 heterocycles. The third kappa shape index (κ3) is 4.02. The van der Waals surface area contributed by atoms with E-state index in [-0.39, 0.29) is 23.1 Å². The molecule has 0 aromatic carbocycles. The Labute approximate surface area is 166 Å². The zero-order chi connectivity index (χ0) is 20.4. The molecule has 2 amide bonds. The second kappa shape index (κ2) is 7.84. The minimum atomic E-state index is -0.705. The number of primary amides is 1. The van der Waals surface area contributed by atoms with E-state index in [1.807, 2.05) is 13.0 Å². The predicted octanol–water partition coefficient (Wildman–Crippen LogP) is 1.47. The summed E-state index contributed by atoms with van der Waals surface area (Å²) in [6.45, 7) is 3.14. The summed E-state index contributed by atoms with van der Waals surface area (Å²) in [4.78, 5) is 28.6. The van der Waals surface area contributed by atoms with Crippen molar-refractivity contribution >= 4 is 17.5 Å². The van der Waals surface area contributed by atoms with Crippen molar-refractivity contribution < 1.29 is 14.3 Å². The van der Waals surface area contributed by atoms with Crippen LogP contribution in [0.5, 0.6) is 0 Å². The number of anilines is 1. The predicted molar refractivity (Wildman–Crippen MR) is 104 cm³/mol. The van der Waals surface area contributed by atoms with Crippen LogP contribution in [0, 0.1) is 6.92 Å². The van der Waals surface area contributed by atoms with Crippen LogP contribution in [0.4, 0.5) is 5.69 Å².